The van der Waals surface area contributed by atoms with E-state index in [9.17, 15) is 9.18 Å². The first kappa shape index (κ1) is 17.9. The van der Waals surface area contributed by atoms with Gasteiger partial charge in [0, 0.05) is 16.5 Å². The molecule has 7 heteroatoms. The first-order valence-corrected chi connectivity index (χ1v) is 8.73. The number of aryl methyl sites for hydroxylation is 2. The normalized spacial score (nSPS) is 12.3. The zero-order valence-electron chi connectivity index (χ0n) is 15.5. The van der Waals surface area contributed by atoms with Gasteiger partial charge in [-0.25, -0.2) is 9.18 Å². The average molecular weight is 380 g/mol. The Labute approximate surface area is 159 Å². The van der Waals surface area contributed by atoms with Gasteiger partial charge in [-0.2, -0.15) is 0 Å². The topological polar surface area (TPSA) is 78.4 Å². The van der Waals surface area contributed by atoms with E-state index in [1.165, 1.54) is 6.07 Å². The van der Waals surface area contributed by atoms with Crippen LogP contribution in [0.2, 0.25) is 0 Å². The quantitative estimate of drug-likeness (QED) is 0.455. The van der Waals surface area contributed by atoms with Crippen molar-refractivity contribution >= 4 is 16.9 Å². The minimum Gasteiger partial charge on any atom is -0.447 e. The second kappa shape index (κ2) is 6.92. The summed E-state index contributed by atoms with van der Waals surface area (Å²) in [5, 5.41) is 8.48. The van der Waals surface area contributed by atoms with Crippen molar-refractivity contribution in [3.05, 3.63) is 71.1 Å². The fourth-order valence-corrected chi connectivity index (χ4v) is 2.88. The third-order valence-electron chi connectivity index (χ3n) is 4.47. The van der Waals surface area contributed by atoms with Gasteiger partial charge in [0.25, 0.3) is 5.89 Å². The number of carbonyl (C=O) groups is 1. The summed E-state index contributed by atoms with van der Waals surface area (Å²) in [6.45, 7) is 5.27. The molecule has 6 nitrogen and oxygen atoms in total. The standard InChI is InChI=1S/C21H17FN2O4/c1-11-7-9-14(10-8-11)20-24-23-19(28-20)13(3)26-21(25)17-12(2)15-5-4-6-16(22)18(15)27-17/h4-10,13H,1-3H3/t13-/m1/s1. The van der Waals surface area contributed by atoms with Crippen LogP contribution in [-0.2, 0) is 4.74 Å². The number of aromatic nitrogens is 2. The van der Waals surface area contributed by atoms with Crippen LogP contribution >= 0.6 is 0 Å². The summed E-state index contributed by atoms with van der Waals surface area (Å²) in [6, 6.07) is 12.1. The summed E-state index contributed by atoms with van der Waals surface area (Å²) < 4.78 is 30.3. The van der Waals surface area contributed by atoms with Crippen molar-refractivity contribution in [1.82, 2.24) is 10.2 Å². The third kappa shape index (κ3) is 3.15. The van der Waals surface area contributed by atoms with Crippen molar-refractivity contribution in [2.45, 2.75) is 26.9 Å². The van der Waals surface area contributed by atoms with E-state index in [4.69, 9.17) is 13.6 Å². The van der Waals surface area contributed by atoms with Crippen LogP contribution in [0.15, 0.2) is 51.3 Å². The molecule has 0 bridgehead atoms. The Hall–Kier alpha value is -3.48. The van der Waals surface area contributed by atoms with Crippen molar-refractivity contribution < 1.29 is 22.8 Å². The van der Waals surface area contributed by atoms with Crippen molar-refractivity contribution in [1.29, 1.82) is 0 Å². The van der Waals surface area contributed by atoms with E-state index >= 15 is 0 Å². The second-order valence-corrected chi connectivity index (χ2v) is 6.53. The molecule has 2 aromatic heterocycles. The van der Waals surface area contributed by atoms with Crippen molar-refractivity contribution in [3.8, 4) is 11.5 Å². The lowest BCUT2D eigenvalue weighted by molar-refractivity contribution is 0.0245. The Morgan fingerprint density at radius 1 is 1.07 bits per heavy atom. The van der Waals surface area contributed by atoms with Crippen molar-refractivity contribution in [3.63, 3.8) is 0 Å². The lowest BCUT2D eigenvalue weighted by atomic mass is 10.1. The number of para-hydroxylation sites is 1. The Bertz CT molecular complexity index is 1160. The summed E-state index contributed by atoms with van der Waals surface area (Å²) >= 11 is 0. The number of halogens is 1. The Morgan fingerprint density at radius 3 is 2.54 bits per heavy atom. The van der Waals surface area contributed by atoms with E-state index in [0.717, 1.165) is 11.1 Å². The number of fused-ring (bicyclic) bond motifs is 1. The first-order chi connectivity index (χ1) is 13.4. The number of nitrogens with zero attached hydrogens (tertiary/aromatic N) is 2. The van der Waals surface area contributed by atoms with Crippen LogP contribution in [0.4, 0.5) is 4.39 Å². The van der Waals surface area contributed by atoms with Gasteiger partial charge in [-0.1, -0.05) is 29.8 Å². The molecular weight excluding hydrogens is 363 g/mol. The van der Waals surface area contributed by atoms with Gasteiger partial charge in [0.15, 0.2) is 17.5 Å². The molecule has 1 atom stereocenters. The summed E-state index contributed by atoms with van der Waals surface area (Å²) in [5.74, 6) is -0.822. The van der Waals surface area contributed by atoms with Crippen LogP contribution in [0.5, 0.6) is 0 Å². The van der Waals surface area contributed by atoms with Crippen molar-refractivity contribution in [2.75, 3.05) is 0 Å². The predicted molar refractivity (Wildman–Crippen MR) is 99.2 cm³/mol. The van der Waals surface area contributed by atoms with Gasteiger partial charge < -0.3 is 13.6 Å². The van der Waals surface area contributed by atoms with Crippen molar-refractivity contribution in [2.24, 2.45) is 0 Å². The Kier molecular flexibility index (Phi) is 4.43. The molecule has 2 aromatic carbocycles. The van der Waals surface area contributed by atoms with Gasteiger partial charge in [-0.15, -0.1) is 10.2 Å². The van der Waals surface area contributed by atoms with Crippen LogP contribution in [0.25, 0.3) is 22.4 Å². The molecule has 0 saturated heterocycles. The molecule has 28 heavy (non-hydrogen) atoms. The average Bonchev–Trinajstić information content (AvgIpc) is 3.29. The summed E-state index contributed by atoms with van der Waals surface area (Å²) in [5.41, 5.74) is 2.42. The number of furan rings is 1. The highest BCUT2D eigenvalue weighted by molar-refractivity contribution is 5.96. The third-order valence-corrected chi connectivity index (χ3v) is 4.47. The zero-order valence-corrected chi connectivity index (χ0v) is 15.5. The first-order valence-electron chi connectivity index (χ1n) is 8.73. The maximum absolute atomic E-state index is 13.9. The molecule has 142 valence electrons. The maximum Gasteiger partial charge on any atom is 0.375 e. The number of benzene rings is 2. The fraction of sp³-hybridized carbons (Fsp3) is 0.190. The lowest BCUT2D eigenvalue weighted by Crippen LogP contribution is -2.09. The molecular formula is C21H17FN2O4. The molecule has 4 rings (SSSR count). The molecule has 0 aliphatic carbocycles. The summed E-state index contributed by atoms with van der Waals surface area (Å²) in [4.78, 5) is 12.5. The van der Waals surface area contributed by atoms with E-state index in [1.54, 1.807) is 26.0 Å². The van der Waals surface area contributed by atoms with E-state index in [0.29, 0.717) is 16.8 Å². The van der Waals surface area contributed by atoms with E-state index in [1.807, 2.05) is 31.2 Å². The molecule has 0 saturated carbocycles. The van der Waals surface area contributed by atoms with Gasteiger partial charge in [-0.3, -0.25) is 0 Å². The molecule has 0 spiro atoms. The van der Waals surface area contributed by atoms with Crippen LogP contribution in [0.3, 0.4) is 0 Å². The highest BCUT2D eigenvalue weighted by atomic mass is 19.1. The number of carbonyl (C=O) groups excluding carboxylic acids is 1. The molecule has 0 N–H and O–H groups in total. The summed E-state index contributed by atoms with van der Waals surface area (Å²) in [7, 11) is 0. The molecule has 0 aliphatic rings. The van der Waals surface area contributed by atoms with Crippen LogP contribution in [0.1, 0.15) is 40.6 Å². The number of ether oxygens (including phenoxy) is 1. The zero-order chi connectivity index (χ0) is 19.8. The van der Waals surface area contributed by atoms with E-state index < -0.39 is 17.9 Å². The fourth-order valence-electron chi connectivity index (χ4n) is 2.88. The minimum absolute atomic E-state index is 0.0269. The number of hydrogen-bond donors (Lipinski definition) is 0. The smallest absolute Gasteiger partial charge is 0.375 e. The molecule has 0 radical (unpaired) electrons. The van der Waals surface area contributed by atoms with Gasteiger partial charge >= 0.3 is 5.97 Å². The second-order valence-electron chi connectivity index (χ2n) is 6.53. The Balaban J connectivity index is 1.55. The highest BCUT2D eigenvalue weighted by Gasteiger charge is 2.25. The molecule has 0 unspecified atom stereocenters. The predicted octanol–water partition coefficient (Wildman–Crippen LogP) is 5.16. The molecule has 0 amide bonds. The number of rotatable bonds is 4. The van der Waals surface area contributed by atoms with Crippen LogP contribution in [-0.4, -0.2) is 16.2 Å². The van der Waals surface area contributed by atoms with Gasteiger partial charge in [0.05, 0.1) is 0 Å². The maximum atomic E-state index is 13.9. The molecule has 2 heterocycles. The van der Waals surface area contributed by atoms with Gasteiger partial charge in [0.1, 0.15) is 0 Å². The largest absolute Gasteiger partial charge is 0.447 e. The van der Waals surface area contributed by atoms with Gasteiger partial charge in [0.2, 0.25) is 11.7 Å². The van der Waals surface area contributed by atoms with E-state index in [-0.39, 0.29) is 17.2 Å². The number of hydrogen-bond acceptors (Lipinski definition) is 6. The van der Waals surface area contributed by atoms with Crippen LogP contribution < -0.4 is 0 Å². The van der Waals surface area contributed by atoms with Gasteiger partial charge in [-0.05, 0) is 39.0 Å². The monoisotopic (exact) mass is 380 g/mol. The lowest BCUT2D eigenvalue weighted by Gasteiger charge is -2.08. The molecule has 4 aromatic rings. The molecule has 0 aliphatic heterocycles. The minimum atomic E-state index is -0.795. The summed E-state index contributed by atoms with van der Waals surface area (Å²) in [6.07, 6.45) is -0.795. The van der Waals surface area contributed by atoms with E-state index in [2.05, 4.69) is 10.2 Å². The van der Waals surface area contributed by atoms with Crippen LogP contribution in [0, 0.1) is 19.7 Å². The highest BCUT2D eigenvalue weighted by Crippen LogP contribution is 2.29. The molecule has 0 fully saturated rings. The number of esters is 1. The Morgan fingerprint density at radius 2 is 1.82 bits per heavy atom. The SMILES string of the molecule is Cc1ccc(-c2nnc([C@@H](C)OC(=O)c3oc4c(F)cccc4c3C)o2)cc1.